The van der Waals surface area contributed by atoms with E-state index in [0.29, 0.717) is 42.9 Å². The van der Waals surface area contributed by atoms with Gasteiger partial charge >= 0.3 is 0 Å². The summed E-state index contributed by atoms with van der Waals surface area (Å²) in [6, 6.07) is 0.277. The molecule has 1 aliphatic heterocycles. The van der Waals surface area contributed by atoms with Crippen LogP contribution in [-0.4, -0.2) is 63.9 Å². The second-order valence-electron chi connectivity index (χ2n) is 6.75. The summed E-state index contributed by atoms with van der Waals surface area (Å²) in [5, 5.41) is 3.04. The monoisotopic (exact) mass is 354 g/mol. The van der Waals surface area contributed by atoms with Gasteiger partial charge in [0, 0.05) is 38.4 Å². The van der Waals surface area contributed by atoms with Crippen LogP contribution >= 0.6 is 0 Å². The zero-order chi connectivity index (χ0) is 18.1. The highest BCUT2D eigenvalue weighted by molar-refractivity contribution is 6.04. The van der Waals surface area contributed by atoms with Crippen LogP contribution in [0.1, 0.15) is 29.6 Å². The normalized spacial score (nSPS) is 17.8. The number of piperazine rings is 1. The second kappa shape index (κ2) is 6.78. The van der Waals surface area contributed by atoms with Crippen LogP contribution in [0.3, 0.4) is 0 Å². The summed E-state index contributed by atoms with van der Waals surface area (Å²) in [6.45, 7) is 6.11. The van der Waals surface area contributed by atoms with E-state index in [1.807, 2.05) is 0 Å². The van der Waals surface area contributed by atoms with E-state index in [9.17, 15) is 9.59 Å². The first kappa shape index (κ1) is 16.6. The Balaban J connectivity index is 1.52. The fourth-order valence-corrected chi connectivity index (χ4v) is 3.31. The topological polar surface area (TPSA) is 94.2 Å². The van der Waals surface area contributed by atoms with E-state index in [2.05, 4.69) is 31.7 Å². The molecule has 0 aromatic carbocycles. The van der Waals surface area contributed by atoms with Crippen molar-refractivity contribution in [2.24, 2.45) is 0 Å². The largest absolute Gasteiger partial charge is 0.352 e. The van der Waals surface area contributed by atoms with Gasteiger partial charge in [0.2, 0.25) is 5.91 Å². The molecule has 1 saturated heterocycles. The van der Waals surface area contributed by atoms with Crippen molar-refractivity contribution in [1.82, 2.24) is 25.2 Å². The first-order valence-corrected chi connectivity index (χ1v) is 8.97. The molecule has 3 heterocycles. The fourth-order valence-electron chi connectivity index (χ4n) is 3.31. The molecule has 0 unspecified atom stereocenters. The highest BCUT2D eigenvalue weighted by atomic mass is 16.2. The summed E-state index contributed by atoms with van der Waals surface area (Å²) < 4.78 is 0. The first-order chi connectivity index (χ1) is 12.7. The summed E-state index contributed by atoms with van der Waals surface area (Å²) in [6.07, 6.45) is 7.97. The van der Waals surface area contributed by atoms with Crippen molar-refractivity contribution in [2.75, 3.05) is 31.1 Å². The summed E-state index contributed by atoms with van der Waals surface area (Å²) in [5.41, 5.74) is 1.72. The SMILES string of the molecule is C=CC(=O)N1CCN(c2cnc3[nH]cc(C(=O)NC4CCC4)c3n2)CC1. The molecule has 1 aliphatic carbocycles. The number of fused-ring (bicyclic) bond motifs is 1. The number of hydrogen-bond acceptors (Lipinski definition) is 5. The predicted octanol–water partition coefficient (Wildman–Crippen LogP) is 1.07. The average molecular weight is 354 g/mol. The first-order valence-electron chi connectivity index (χ1n) is 8.97. The lowest BCUT2D eigenvalue weighted by molar-refractivity contribution is -0.126. The Bertz CT molecular complexity index is 848. The predicted molar refractivity (Wildman–Crippen MR) is 98.0 cm³/mol. The zero-order valence-electron chi connectivity index (χ0n) is 14.6. The van der Waals surface area contributed by atoms with Crippen molar-refractivity contribution in [1.29, 1.82) is 0 Å². The standard InChI is InChI=1S/C18H22N6O2/c1-2-15(25)24-8-6-23(7-9-24)14-11-20-17-16(22-14)13(10-19-17)18(26)21-12-4-3-5-12/h2,10-12H,1,3-9H2,(H,19,20)(H,21,26). The number of carbonyl (C=O) groups excluding carboxylic acids is 2. The average Bonchev–Trinajstić information content (AvgIpc) is 3.07. The molecule has 26 heavy (non-hydrogen) atoms. The van der Waals surface area contributed by atoms with Gasteiger partial charge in [-0.3, -0.25) is 9.59 Å². The van der Waals surface area contributed by atoms with Crippen LogP contribution in [0.2, 0.25) is 0 Å². The number of aromatic amines is 1. The number of carbonyl (C=O) groups is 2. The molecule has 2 aromatic heterocycles. The molecular formula is C18H22N6O2. The van der Waals surface area contributed by atoms with Crippen LogP contribution in [0, 0.1) is 0 Å². The van der Waals surface area contributed by atoms with Crippen LogP contribution in [0.4, 0.5) is 5.82 Å². The number of rotatable bonds is 4. The molecule has 2 aliphatic rings. The molecule has 0 atom stereocenters. The quantitative estimate of drug-likeness (QED) is 0.801. The third-order valence-corrected chi connectivity index (χ3v) is 5.14. The van der Waals surface area contributed by atoms with Crippen LogP contribution in [0.15, 0.2) is 25.0 Å². The Hall–Kier alpha value is -2.90. The summed E-state index contributed by atoms with van der Waals surface area (Å²) in [4.78, 5) is 40.1. The van der Waals surface area contributed by atoms with E-state index in [0.717, 1.165) is 18.7 Å². The zero-order valence-corrected chi connectivity index (χ0v) is 14.6. The molecular weight excluding hydrogens is 332 g/mol. The van der Waals surface area contributed by atoms with Crippen molar-refractivity contribution >= 4 is 28.8 Å². The van der Waals surface area contributed by atoms with Crippen LogP contribution in [0.25, 0.3) is 11.2 Å². The Kier molecular flexibility index (Phi) is 4.32. The lowest BCUT2D eigenvalue weighted by Crippen LogP contribution is -2.48. The Labute approximate surface area is 151 Å². The molecule has 0 bridgehead atoms. The fraction of sp³-hybridized carbons (Fsp3) is 0.444. The molecule has 8 heteroatoms. The van der Waals surface area contributed by atoms with Crippen molar-refractivity contribution in [3.63, 3.8) is 0 Å². The maximum atomic E-state index is 12.5. The van der Waals surface area contributed by atoms with Gasteiger partial charge in [-0.2, -0.15) is 0 Å². The third-order valence-electron chi connectivity index (χ3n) is 5.14. The second-order valence-corrected chi connectivity index (χ2v) is 6.75. The molecule has 2 amide bonds. The minimum Gasteiger partial charge on any atom is -0.352 e. The summed E-state index contributed by atoms with van der Waals surface area (Å²) in [5.74, 6) is 0.570. The molecule has 0 spiro atoms. The lowest BCUT2D eigenvalue weighted by Gasteiger charge is -2.34. The molecule has 1 saturated carbocycles. The Morgan fingerprint density at radius 3 is 2.69 bits per heavy atom. The van der Waals surface area contributed by atoms with Crippen LogP contribution in [0.5, 0.6) is 0 Å². The maximum Gasteiger partial charge on any atom is 0.255 e. The Morgan fingerprint density at radius 2 is 2.04 bits per heavy atom. The number of H-pyrrole nitrogens is 1. The number of amides is 2. The van der Waals surface area contributed by atoms with E-state index < -0.39 is 0 Å². The van der Waals surface area contributed by atoms with Crippen molar-refractivity contribution in [3.8, 4) is 0 Å². The van der Waals surface area contributed by atoms with E-state index in [1.165, 1.54) is 12.5 Å². The number of aromatic nitrogens is 3. The van der Waals surface area contributed by atoms with Gasteiger partial charge in [0.25, 0.3) is 5.91 Å². The van der Waals surface area contributed by atoms with Crippen LogP contribution in [-0.2, 0) is 4.79 Å². The van der Waals surface area contributed by atoms with Crippen LogP contribution < -0.4 is 10.2 Å². The van der Waals surface area contributed by atoms with E-state index in [4.69, 9.17) is 0 Å². The number of hydrogen-bond donors (Lipinski definition) is 2. The van der Waals surface area contributed by atoms with Gasteiger partial charge in [0.15, 0.2) is 5.65 Å². The van der Waals surface area contributed by atoms with Gasteiger partial charge in [0.05, 0.1) is 11.8 Å². The molecule has 4 rings (SSSR count). The summed E-state index contributed by atoms with van der Waals surface area (Å²) in [7, 11) is 0. The van der Waals surface area contributed by atoms with Gasteiger partial charge in [-0.25, -0.2) is 9.97 Å². The molecule has 8 nitrogen and oxygen atoms in total. The van der Waals surface area contributed by atoms with E-state index in [-0.39, 0.29) is 17.9 Å². The highest BCUT2D eigenvalue weighted by Crippen LogP contribution is 2.22. The molecule has 136 valence electrons. The third kappa shape index (κ3) is 3.02. The number of nitrogens with zero attached hydrogens (tertiary/aromatic N) is 4. The number of anilines is 1. The van der Waals surface area contributed by atoms with Gasteiger partial charge in [0.1, 0.15) is 11.3 Å². The summed E-state index contributed by atoms with van der Waals surface area (Å²) >= 11 is 0. The maximum absolute atomic E-state index is 12.5. The highest BCUT2D eigenvalue weighted by Gasteiger charge is 2.24. The molecule has 2 fully saturated rings. The minimum atomic E-state index is -0.103. The van der Waals surface area contributed by atoms with Gasteiger partial charge < -0.3 is 20.1 Å². The van der Waals surface area contributed by atoms with Gasteiger partial charge in [-0.05, 0) is 25.3 Å². The molecule has 2 aromatic rings. The van der Waals surface area contributed by atoms with Gasteiger partial charge in [-0.15, -0.1) is 0 Å². The van der Waals surface area contributed by atoms with Gasteiger partial charge in [-0.1, -0.05) is 6.58 Å². The number of nitrogens with one attached hydrogen (secondary N) is 2. The lowest BCUT2D eigenvalue weighted by atomic mass is 9.93. The van der Waals surface area contributed by atoms with E-state index >= 15 is 0 Å². The molecule has 0 radical (unpaired) electrons. The smallest absolute Gasteiger partial charge is 0.255 e. The van der Waals surface area contributed by atoms with Crippen molar-refractivity contribution in [2.45, 2.75) is 25.3 Å². The Morgan fingerprint density at radius 1 is 1.27 bits per heavy atom. The minimum absolute atomic E-state index is 0.0493. The van der Waals surface area contributed by atoms with Crippen molar-refractivity contribution < 1.29 is 9.59 Å². The van der Waals surface area contributed by atoms with E-state index in [1.54, 1.807) is 17.3 Å². The molecule has 2 N–H and O–H groups in total. The van der Waals surface area contributed by atoms with Crippen molar-refractivity contribution in [3.05, 3.63) is 30.6 Å².